The second-order valence-electron chi connectivity index (χ2n) is 8.28. The van der Waals surface area contributed by atoms with E-state index in [0.717, 1.165) is 46.0 Å². The van der Waals surface area contributed by atoms with E-state index in [1.807, 2.05) is 43.3 Å². The number of Topliss-reactive ketones (excluding diaryl/α,β-unsaturated/α-hetero) is 1. The lowest BCUT2D eigenvalue weighted by Crippen LogP contribution is -2.26. The van der Waals surface area contributed by atoms with E-state index >= 15 is 0 Å². The third-order valence-electron chi connectivity index (χ3n) is 6.11. The van der Waals surface area contributed by atoms with Gasteiger partial charge in [-0.1, -0.05) is 23.7 Å². The molecule has 0 spiro atoms. The van der Waals surface area contributed by atoms with Gasteiger partial charge in [-0.3, -0.25) is 9.59 Å². The topological polar surface area (TPSA) is 93.4 Å². The lowest BCUT2D eigenvalue weighted by molar-refractivity contribution is -0.116. The number of nitrogens with two attached hydrogens (primary N) is 1. The molecule has 1 aliphatic heterocycles. The summed E-state index contributed by atoms with van der Waals surface area (Å²) >= 11 is 7.44. The highest BCUT2D eigenvalue weighted by Gasteiger charge is 2.39. The van der Waals surface area contributed by atoms with E-state index in [9.17, 15) is 9.59 Å². The van der Waals surface area contributed by atoms with Crippen LogP contribution in [-0.2, 0) is 4.79 Å². The lowest BCUT2D eigenvalue weighted by Gasteiger charge is -2.32. The molecule has 34 heavy (non-hydrogen) atoms. The molecular formula is C26H24ClN3O3S. The molecule has 6 nitrogen and oxygen atoms in total. The number of allylic oxidation sites excluding steroid dienone is 2. The van der Waals surface area contributed by atoms with Gasteiger partial charge >= 0.3 is 0 Å². The first-order chi connectivity index (χ1) is 16.5. The summed E-state index contributed by atoms with van der Waals surface area (Å²) < 4.78 is 5.46. The summed E-state index contributed by atoms with van der Waals surface area (Å²) in [6.07, 6.45) is 2.10. The first-order valence-electron chi connectivity index (χ1n) is 11.2. The van der Waals surface area contributed by atoms with Crippen LogP contribution in [0.1, 0.15) is 52.9 Å². The Kier molecular flexibility index (Phi) is 6.06. The van der Waals surface area contributed by atoms with E-state index in [-0.39, 0.29) is 17.6 Å². The predicted octanol–water partition coefficient (Wildman–Crippen LogP) is 6.20. The second-order valence-corrected chi connectivity index (χ2v) is 9.73. The molecular weight excluding hydrogens is 470 g/mol. The number of ether oxygens (including phenoxy) is 1. The Labute approximate surface area is 206 Å². The van der Waals surface area contributed by atoms with Crippen molar-refractivity contribution in [3.8, 4) is 5.75 Å². The van der Waals surface area contributed by atoms with Crippen molar-refractivity contribution in [2.75, 3.05) is 23.0 Å². The maximum atomic E-state index is 13.2. The van der Waals surface area contributed by atoms with Crippen LogP contribution in [0.3, 0.4) is 0 Å². The summed E-state index contributed by atoms with van der Waals surface area (Å²) in [7, 11) is 0. The predicted molar refractivity (Wildman–Crippen MR) is 137 cm³/mol. The number of ketones is 1. The molecule has 4 N–H and O–H groups in total. The van der Waals surface area contributed by atoms with E-state index in [1.165, 1.54) is 11.3 Å². The third-order valence-corrected chi connectivity index (χ3v) is 7.50. The molecule has 0 bridgehead atoms. The summed E-state index contributed by atoms with van der Waals surface area (Å²) in [5.74, 6) is 0.231. The van der Waals surface area contributed by atoms with Crippen molar-refractivity contribution in [3.05, 3.63) is 80.8 Å². The molecule has 2 aliphatic rings. The Balaban J connectivity index is 1.52. The number of thiophene rings is 1. The molecule has 0 saturated heterocycles. The molecule has 0 fully saturated rings. The molecule has 5 rings (SSSR count). The van der Waals surface area contributed by atoms with Crippen LogP contribution in [0.4, 0.5) is 16.4 Å². The van der Waals surface area contributed by atoms with Crippen molar-refractivity contribution < 1.29 is 14.3 Å². The summed E-state index contributed by atoms with van der Waals surface area (Å²) in [6, 6.07) is 14.7. The number of carbonyl (C=O) groups excluding carboxylic acids is 2. The first-order valence-corrected chi connectivity index (χ1v) is 12.4. The second kappa shape index (κ2) is 9.16. The molecule has 0 saturated carbocycles. The van der Waals surface area contributed by atoms with Crippen molar-refractivity contribution in [1.29, 1.82) is 0 Å². The minimum absolute atomic E-state index is 0.116. The largest absolute Gasteiger partial charge is 0.494 e. The van der Waals surface area contributed by atoms with Gasteiger partial charge in [-0.05, 0) is 61.7 Å². The van der Waals surface area contributed by atoms with Gasteiger partial charge in [-0.25, -0.2) is 0 Å². The molecule has 174 valence electrons. The fraction of sp³-hybridized carbons (Fsp3) is 0.231. The summed E-state index contributed by atoms with van der Waals surface area (Å²) in [5, 5.41) is 7.77. The minimum Gasteiger partial charge on any atom is -0.494 e. The van der Waals surface area contributed by atoms with Gasteiger partial charge in [0.05, 0.1) is 17.3 Å². The highest BCUT2D eigenvalue weighted by molar-refractivity contribution is 7.19. The van der Waals surface area contributed by atoms with Crippen molar-refractivity contribution in [1.82, 2.24) is 0 Å². The van der Waals surface area contributed by atoms with E-state index in [2.05, 4.69) is 10.6 Å². The van der Waals surface area contributed by atoms with Crippen LogP contribution in [0.15, 0.2) is 59.8 Å². The molecule has 3 aromatic rings. The number of hydrogen-bond donors (Lipinski definition) is 3. The monoisotopic (exact) mass is 493 g/mol. The molecule has 0 radical (unpaired) electrons. The Morgan fingerprint density at radius 2 is 1.91 bits per heavy atom. The van der Waals surface area contributed by atoms with Crippen LogP contribution in [0.5, 0.6) is 5.75 Å². The van der Waals surface area contributed by atoms with E-state index in [1.54, 1.807) is 12.1 Å². The van der Waals surface area contributed by atoms with Crippen molar-refractivity contribution in [3.63, 3.8) is 0 Å². The van der Waals surface area contributed by atoms with E-state index in [4.69, 9.17) is 22.1 Å². The number of amides is 1. The van der Waals surface area contributed by atoms with Gasteiger partial charge in [0, 0.05) is 39.9 Å². The van der Waals surface area contributed by atoms with Gasteiger partial charge in [0.1, 0.15) is 10.6 Å². The molecule has 0 unspecified atom stereocenters. The molecule has 8 heteroatoms. The van der Waals surface area contributed by atoms with Crippen LogP contribution in [0.25, 0.3) is 0 Å². The van der Waals surface area contributed by atoms with Crippen molar-refractivity contribution in [2.24, 2.45) is 0 Å². The maximum Gasteiger partial charge on any atom is 0.267 e. The highest BCUT2D eigenvalue weighted by atomic mass is 35.5. The smallest absolute Gasteiger partial charge is 0.267 e. The number of hydrogen-bond acceptors (Lipinski definition) is 6. The van der Waals surface area contributed by atoms with Crippen molar-refractivity contribution >= 4 is 51.0 Å². The van der Waals surface area contributed by atoms with Gasteiger partial charge in [0.15, 0.2) is 5.78 Å². The number of nitrogens with one attached hydrogen (secondary N) is 2. The van der Waals surface area contributed by atoms with Gasteiger partial charge < -0.3 is 21.1 Å². The fourth-order valence-corrected chi connectivity index (χ4v) is 5.80. The van der Waals surface area contributed by atoms with Crippen LogP contribution < -0.4 is 21.1 Å². The quantitative estimate of drug-likeness (QED) is 0.393. The van der Waals surface area contributed by atoms with Crippen LogP contribution >= 0.6 is 22.9 Å². The Morgan fingerprint density at radius 1 is 1.18 bits per heavy atom. The minimum atomic E-state index is -0.334. The zero-order valence-electron chi connectivity index (χ0n) is 18.6. The summed E-state index contributed by atoms with van der Waals surface area (Å²) in [4.78, 5) is 26.6. The number of nitrogen functional groups attached to an aromatic ring is 1. The highest BCUT2D eigenvalue weighted by Crippen LogP contribution is 2.52. The SMILES string of the molecule is CCOc1ccc(NC(=O)c2sc3c(c2N)[C@@H](c2ccc(Cl)cc2)C2=C(CCCC2=O)N3)cc1. The van der Waals surface area contributed by atoms with Gasteiger partial charge in [-0.2, -0.15) is 0 Å². The standard InChI is InChI=1S/C26H24ClN3O3S/c1-2-33-17-12-10-16(11-13-17)29-25(32)24-23(28)22-20(14-6-8-15(27)9-7-14)21-18(30-26(22)34-24)4-3-5-19(21)31/h6-13,20,30H,2-5,28H2,1H3,(H,29,32)/t20-/m0/s1. The number of fused-ring (bicyclic) bond motifs is 1. The summed E-state index contributed by atoms with van der Waals surface area (Å²) in [5.41, 5.74) is 11.0. The van der Waals surface area contributed by atoms with E-state index < -0.39 is 0 Å². The molecule has 1 aromatic heterocycles. The number of carbonyl (C=O) groups is 2. The Bertz CT molecular complexity index is 1300. The van der Waals surface area contributed by atoms with Crippen LogP contribution in [0, 0.1) is 0 Å². The number of halogens is 1. The Hall–Kier alpha value is -3.29. The maximum absolute atomic E-state index is 13.2. The average Bonchev–Trinajstić information content (AvgIpc) is 3.16. The molecule has 2 heterocycles. The lowest BCUT2D eigenvalue weighted by atomic mass is 9.76. The van der Waals surface area contributed by atoms with Gasteiger partial charge in [0.25, 0.3) is 5.91 Å². The number of anilines is 3. The third kappa shape index (κ3) is 4.06. The van der Waals surface area contributed by atoms with Gasteiger partial charge in [0.2, 0.25) is 0 Å². The number of benzene rings is 2. The zero-order valence-corrected chi connectivity index (χ0v) is 20.2. The average molecular weight is 494 g/mol. The fourth-order valence-electron chi connectivity index (χ4n) is 4.59. The van der Waals surface area contributed by atoms with Gasteiger partial charge in [-0.15, -0.1) is 11.3 Å². The molecule has 2 aromatic carbocycles. The first kappa shape index (κ1) is 22.5. The zero-order chi connectivity index (χ0) is 23.8. The summed E-state index contributed by atoms with van der Waals surface area (Å²) in [6.45, 7) is 2.49. The van der Waals surface area contributed by atoms with Crippen LogP contribution in [0.2, 0.25) is 5.02 Å². The Morgan fingerprint density at radius 3 is 2.62 bits per heavy atom. The number of rotatable bonds is 5. The van der Waals surface area contributed by atoms with E-state index in [0.29, 0.717) is 34.3 Å². The van der Waals surface area contributed by atoms with Crippen LogP contribution in [-0.4, -0.2) is 18.3 Å². The molecule has 1 amide bonds. The molecule has 1 atom stereocenters. The normalized spacial score (nSPS) is 17.0. The molecule has 1 aliphatic carbocycles. The van der Waals surface area contributed by atoms with Crippen molar-refractivity contribution in [2.45, 2.75) is 32.1 Å².